The van der Waals surface area contributed by atoms with Crippen molar-refractivity contribution in [3.63, 3.8) is 0 Å². The van der Waals surface area contributed by atoms with Gasteiger partial charge < -0.3 is 21.0 Å². The third kappa shape index (κ3) is 4.98. The van der Waals surface area contributed by atoms with Gasteiger partial charge in [-0.1, -0.05) is 30.1 Å². The second kappa shape index (κ2) is 7.52. The van der Waals surface area contributed by atoms with Gasteiger partial charge in [-0.15, -0.1) is 0 Å². The molecule has 0 bridgehead atoms. The molecule has 114 valence electrons. The third-order valence-corrected chi connectivity index (χ3v) is 3.44. The van der Waals surface area contributed by atoms with E-state index >= 15 is 0 Å². The van der Waals surface area contributed by atoms with E-state index in [-0.39, 0.29) is 18.3 Å². The fraction of sp³-hybridized carbons (Fsp3) is 0.467. The Labute approximate surface area is 124 Å². The normalized spacial score (nSPS) is 14.8. The maximum atomic E-state index is 11.7. The van der Waals surface area contributed by atoms with E-state index < -0.39 is 0 Å². The third-order valence-electron chi connectivity index (χ3n) is 3.44. The Hall–Kier alpha value is -2.24. The SMILES string of the molecule is N/C(=N/O)c1ccccc1OCC(=O)NCCCC1CC1. The molecule has 0 aliphatic heterocycles. The summed E-state index contributed by atoms with van der Waals surface area (Å²) in [5.41, 5.74) is 6.01. The largest absolute Gasteiger partial charge is 0.483 e. The van der Waals surface area contributed by atoms with Crippen LogP contribution in [0.1, 0.15) is 31.2 Å². The van der Waals surface area contributed by atoms with Gasteiger partial charge in [-0.2, -0.15) is 0 Å². The van der Waals surface area contributed by atoms with Crippen molar-refractivity contribution in [2.45, 2.75) is 25.7 Å². The zero-order valence-corrected chi connectivity index (χ0v) is 11.9. The molecule has 1 aromatic carbocycles. The minimum atomic E-state index is -0.167. The number of ether oxygens (including phenoxy) is 1. The van der Waals surface area contributed by atoms with E-state index in [0.29, 0.717) is 17.9 Å². The van der Waals surface area contributed by atoms with E-state index in [9.17, 15) is 4.79 Å². The molecule has 21 heavy (non-hydrogen) atoms. The van der Waals surface area contributed by atoms with Crippen LogP contribution in [0.25, 0.3) is 0 Å². The van der Waals surface area contributed by atoms with Gasteiger partial charge in [-0.05, 0) is 30.9 Å². The minimum Gasteiger partial charge on any atom is -0.483 e. The lowest BCUT2D eigenvalue weighted by molar-refractivity contribution is -0.123. The van der Waals surface area contributed by atoms with Crippen molar-refractivity contribution in [2.75, 3.05) is 13.2 Å². The standard InChI is InChI=1S/C15H21N3O3/c16-15(18-20)12-5-1-2-6-13(12)21-10-14(19)17-9-3-4-11-7-8-11/h1-2,5-6,11,20H,3-4,7-10H2,(H2,16,18)(H,17,19). The van der Waals surface area contributed by atoms with Crippen LogP contribution >= 0.6 is 0 Å². The molecule has 1 amide bonds. The molecule has 6 heteroatoms. The average Bonchev–Trinajstić information content (AvgIpc) is 3.33. The van der Waals surface area contributed by atoms with Crippen molar-refractivity contribution in [3.8, 4) is 5.75 Å². The lowest BCUT2D eigenvalue weighted by Crippen LogP contribution is -2.30. The second-order valence-corrected chi connectivity index (χ2v) is 5.21. The fourth-order valence-electron chi connectivity index (χ4n) is 2.08. The maximum absolute atomic E-state index is 11.7. The van der Waals surface area contributed by atoms with E-state index in [4.69, 9.17) is 15.7 Å². The molecule has 0 spiro atoms. The van der Waals surface area contributed by atoms with Crippen LogP contribution < -0.4 is 15.8 Å². The summed E-state index contributed by atoms with van der Waals surface area (Å²) in [5, 5.41) is 14.5. The number of oxime groups is 1. The van der Waals surface area contributed by atoms with Gasteiger partial charge in [0, 0.05) is 6.54 Å². The molecule has 1 saturated carbocycles. The van der Waals surface area contributed by atoms with E-state index in [2.05, 4.69) is 10.5 Å². The van der Waals surface area contributed by atoms with Gasteiger partial charge >= 0.3 is 0 Å². The molecular formula is C15H21N3O3. The Morgan fingerprint density at radius 3 is 2.90 bits per heavy atom. The lowest BCUT2D eigenvalue weighted by Gasteiger charge is -2.10. The number of benzene rings is 1. The predicted octanol–water partition coefficient (Wildman–Crippen LogP) is 1.47. The summed E-state index contributed by atoms with van der Waals surface area (Å²) in [6.45, 7) is 0.597. The van der Waals surface area contributed by atoms with Crippen molar-refractivity contribution in [2.24, 2.45) is 16.8 Å². The molecule has 0 heterocycles. The van der Waals surface area contributed by atoms with Gasteiger partial charge in [0.25, 0.3) is 5.91 Å². The van der Waals surface area contributed by atoms with E-state index in [1.165, 1.54) is 19.3 Å². The number of amides is 1. The van der Waals surface area contributed by atoms with Gasteiger partial charge in [0.15, 0.2) is 12.4 Å². The summed E-state index contributed by atoms with van der Waals surface area (Å²) in [5.74, 6) is 1.09. The van der Waals surface area contributed by atoms with Crippen LogP contribution in [-0.2, 0) is 4.79 Å². The zero-order valence-electron chi connectivity index (χ0n) is 11.9. The van der Waals surface area contributed by atoms with Gasteiger partial charge in [-0.25, -0.2) is 0 Å². The monoisotopic (exact) mass is 291 g/mol. The highest BCUT2D eigenvalue weighted by molar-refractivity contribution is 5.99. The first kappa shape index (κ1) is 15.2. The highest BCUT2D eigenvalue weighted by atomic mass is 16.5. The first-order valence-electron chi connectivity index (χ1n) is 7.17. The number of carbonyl (C=O) groups excluding carboxylic acids is 1. The number of hydrogen-bond acceptors (Lipinski definition) is 4. The fourth-order valence-corrected chi connectivity index (χ4v) is 2.08. The molecule has 1 aromatic rings. The van der Waals surface area contributed by atoms with Gasteiger partial charge in [0.1, 0.15) is 5.75 Å². The molecule has 0 radical (unpaired) electrons. The van der Waals surface area contributed by atoms with Crippen LogP contribution in [0.15, 0.2) is 29.4 Å². The Morgan fingerprint density at radius 1 is 1.43 bits per heavy atom. The van der Waals surface area contributed by atoms with Crippen LogP contribution in [-0.4, -0.2) is 30.1 Å². The Balaban J connectivity index is 1.75. The Bertz CT molecular complexity index is 513. The number of hydrogen-bond donors (Lipinski definition) is 3. The molecule has 6 nitrogen and oxygen atoms in total. The Kier molecular flexibility index (Phi) is 5.43. The number of rotatable bonds is 8. The number of para-hydroxylation sites is 1. The smallest absolute Gasteiger partial charge is 0.257 e. The first-order valence-corrected chi connectivity index (χ1v) is 7.17. The van der Waals surface area contributed by atoms with Crippen LogP contribution in [0, 0.1) is 5.92 Å². The number of nitrogens with one attached hydrogen (secondary N) is 1. The number of nitrogens with zero attached hydrogens (tertiary/aromatic N) is 1. The zero-order chi connectivity index (χ0) is 15.1. The molecule has 2 rings (SSSR count). The molecule has 0 atom stereocenters. The number of nitrogens with two attached hydrogens (primary N) is 1. The van der Waals surface area contributed by atoms with Crippen LogP contribution in [0.3, 0.4) is 0 Å². The van der Waals surface area contributed by atoms with E-state index in [1.807, 2.05) is 0 Å². The summed E-state index contributed by atoms with van der Waals surface area (Å²) in [4.78, 5) is 11.7. The predicted molar refractivity (Wildman–Crippen MR) is 79.4 cm³/mol. The summed E-state index contributed by atoms with van der Waals surface area (Å²) < 4.78 is 5.43. The van der Waals surface area contributed by atoms with Crippen LogP contribution in [0.5, 0.6) is 5.75 Å². The molecule has 1 aliphatic rings. The van der Waals surface area contributed by atoms with Crippen molar-refractivity contribution in [3.05, 3.63) is 29.8 Å². The Morgan fingerprint density at radius 2 is 2.19 bits per heavy atom. The van der Waals surface area contributed by atoms with Crippen molar-refractivity contribution < 1.29 is 14.7 Å². The molecule has 0 aromatic heterocycles. The van der Waals surface area contributed by atoms with Crippen molar-refractivity contribution >= 4 is 11.7 Å². The molecule has 1 aliphatic carbocycles. The molecule has 0 unspecified atom stereocenters. The van der Waals surface area contributed by atoms with E-state index in [0.717, 1.165) is 12.3 Å². The summed E-state index contributed by atoms with van der Waals surface area (Å²) in [6.07, 6.45) is 4.87. The topological polar surface area (TPSA) is 96.9 Å². The highest BCUT2D eigenvalue weighted by Gasteiger charge is 2.20. The van der Waals surface area contributed by atoms with Crippen LogP contribution in [0.2, 0.25) is 0 Å². The number of carbonyl (C=O) groups is 1. The first-order chi connectivity index (χ1) is 10.2. The van der Waals surface area contributed by atoms with Gasteiger partial charge in [0.05, 0.1) is 5.56 Å². The quantitative estimate of drug-likeness (QED) is 0.222. The summed E-state index contributed by atoms with van der Waals surface area (Å²) in [7, 11) is 0. The van der Waals surface area contributed by atoms with Crippen LogP contribution in [0.4, 0.5) is 0 Å². The molecule has 0 saturated heterocycles. The molecule has 1 fully saturated rings. The summed E-state index contributed by atoms with van der Waals surface area (Å²) >= 11 is 0. The average molecular weight is 291 g/mol. The molecule has 4 N–H and O–H groups in total. The van der Waals surface area contributed by atoms with Crippen molar-refractivity contribution in [1.29, 1.82) is 0 Å². The van der Waals surface area contributed by atoms with Gasteiger partial charge in [-0.3, -0.25) is 4.79 Å². The molecular weight excluding hydrogens is 270 g/mol. The maximum Gasteiger partial charge on any atom is 0.257 e. The summed E-state index contributed by atoms with van der Waals surface area (Å²) in [6, 6.07) is 6.85. The van der Waals surface area contributed by atoms with Crippen molar-refractivity contribution in [1.82, 2.24) is 5.32 Å². The second-order valence-electron chi connectivity index (χ2n) is 5.21. The van der Waals surface area contributed by atoms with E-state index in [1.54, 1.807) is 24.3 Å². The lowest BCUT2D eigenvalue weighted by atomic mass is 10.2. The number of amidine groups is 1. The van der Waals surface area contributed by atoms with Gasteiger partial charge in [0.2, 0.25) is 0 Å². The minimum absolute atomic E-state index is 0.0459. The highest BCUT2D eigenvalue weighted by Crippen LogP contribution is 2.33.